The van der Waals surface area contributed by atoms with E-state index in [0.29, 0.717) is 36.2 Å². The number of halogens is 2. The van der Waals surface area contributed by atoms with Crippen molar-refractivity contribution in [3.63, 3.8) is 0 Å². The first-order valence-corrected chi connectivity index (χ1v) is 8.56. The van der Waals surface area contributed by atoms with E-state index in [1.807, 2.05) is 0 Å². The molecule has 0 spiro atoms. The number of hydrogen-bond acceptors (Lipinski definition) is 3. The molecule has 0 aromatic heterocycles. The number of sulfonamides is 1. The van der Waals surface area contributed by atoms with Crippen LogP contribution in [0.2, 0.25) is 0 Å². The predicted octanol–water partition coefficient (Wildman–Crippen LogP) is 2.39. The van der Waals surface area contributed by atoms with Crippen LogP contribution >= 0.6 is 15.9 Å². The SMILES string of the molecule is CS(=O)(=O)N1CCC(Oc2cc(F)cc(Br)c2)CC1. The van der Waals surface area contributed by atoms with Gasteiger partial charge in [-0.3, -0.25) is 0 Å². The van der Waals surface area contributed by atoms with Crippen LogP contribution in [0.5, 0.6) is 5.75 Å². The van der Waals surface area contributed by atoms with Crippen molar-refractivity contribution in [1.29, 1.82) is 0 Å². The average Bonchev–Trinajstić information content (AvgIpc) is 2.26. The summed E-state index contributed by atoms with van der Waals surface area (Å²) in [4.78, 5) is 0. The third-order valence-corrected chi connectivity index (χ3v) is 4.77. The topological polar surface area (TPSA) is 46.6 Å². The Labute approximate surface area is 120 Å². The lowest BCUT2D eigenvalue weighted by molar-refractivity contribution is 0.135. The molecule has 1 aliphatic heterocycles. The van der Waals surface area contributed by atoms with Gasteiger partial charge in [0, 0.05) is 23.6 Å². The van der Waals surface area contributed by atoms with Crippen molar-refractivity contribution in [3.8, 4) is 5.75 Å². The number of nitrogens with zero attached hydrogens (tertiary/aromatic N) is 1. The van der Waals surface area contributed by atoms with Crippen molar-refractivity contribution in [3.05, 3.63) is 28.5 Å². The molecular formula is C12H15BrFNO3S. The normalized spacial score (nSPS) is 18.5. The van der Waals surface area contributed by atoms with E-state index in [9.17, 15) is 12.8 Å². The maximum absolute atomic E-state index is 13.2. The lowest BCUT2D eigenvalue weighted by atomic mass is 10.1. The number of rotatable bonds is 3. The van der Waals surface area contributed by atoms with Gasteiger partial charge in [-0.1, -0.05) is 15.9 Å². The zero-order valence-corrected chi connectivity index (χ0v) is 12.9. The number of ether oxygens (including phenoxy) is 1. The van der Waals surface area contributed by atoms with Gasteiger partial charge in [0.2, 0.25) is 10.0 Å². The first-order chi connectivity index (χ1) is 8.84. The number of benzene rings is 1. The molecular weight excluding hydrogens is 337 g/mol. The summed E-state index contributed by atoms with van der Waals surface area (Å²) in [6.07, 6.45) is 2.35. The molecule has 1 heterocycles. The molecule has 0 atom stereocenters. The van der Waals surface area contributed by atoms with Gasteiger partial charge in [0.15, 0.2) is 0 Å². The minimum absolute atomic E-state index is 0.0771. The van der Waals surface area contributed by atoms with Gasteiger partial charge in [0.1, 0.15) is 17.7 Å². The van der Waals surface area contributed by atoms with Gasteiger partial charge < -0.3 is 4.74 Å². The minimum atomic E-state index is -3.13. The monoisotopic (exact) mass is 351 g/mol. The maximum atomic E-state index is 13.2. The van der Waals surface area contributed by atoms with E-state index >= 15 is 0 Å². The van der Waals surface area contributed by atoms with Crippen molar-refractivity contribution in [1.82, 2.24) is 4.31 Å². The Kier molecular flexibility index (Phi) is 4.47. The van der Waals surface area contributed by atoms with Crippen molar-refractivity contribution < 1.29 is 17.5 Å². The molecule has 1 aromatic carbocycles. The van der Waals surface area contributed by atoms with Crippen molar-refractivity contribution >= 4 is 26.0 Å². The van der Waals surface area contributed by atoms with E-state index in [0.717, 1.165) is 0 Å². The summed E-state index contributed by atoms with van der Waals surface area (Å²) in [6, 6.07) is 4.39. The second kappa shape index (κ2) is 5.76. The highest BCUT2D eigenvalue weighted by molar-refractivity contribution is 9.10. The average molecular weight is 352 g/mol. The van der Waals surface area contributed by atoms with Crippen LogP contribution in [-0.4, -0.2) is 38.2 Å². The third-order valence-electron chi connectivity index (χ3n) is 3.01. The van der Waals surface area contributed by atoms with Gasteiger partial charge in [-0.25, -0.2) is 17.1 Å². The number of hydrogen-bond donors (Lipinski definition) is 0. The first kappa shape index (κ1) is 14.7. The maximum Gasteiger partial charge on any atom is 0.211 e. The summed E-state index contributed by atoms with van der Waals surface area (Å²) in [6.45, 7) is 0.889. The molecule has 1 aromatic rings. The number of piperidine rings is 1. The highest BCUT2D eigenvalue weighted by atomic mass is 79.9. The van der Waals surface area contributed by atoms with E-state index in [4.69, 9.17) is 4.74 Å². The molecule has 0 bridgehead atoms. The Morgan fingerprint density at radius 2 is 1.95 bits per heavy atom. The van der Waals surface area contributed by atoms with Gasteiger partial charge in [-0.15, -0.1) is 0 Å². The smallest absolute Gasteiger partial charge is 0.211 e. The first-order valence-electron chi connectivity index (χ1n) is 5.92. The van der Waals surface area contributed by atoms with Crippen LogP contribution in [0, 0.1) is 5.82 Å². The predicted molar refractivity (Wildman–Crippen MR) is 74.2 cm³/mol. The zero-order chi connectivity index (χ0) is 14.0. The molecule has 0 aliphatic carbocycles. The third kappa shape index (κ3) is 4.15. The molecule has 0 N–H and O–H groups in total. The lowest BCUT2D eigenvalue weighted by Crippen LogP contribution is -2.41. The van der Waals surface area contributed by atoms with E-state index in [2.05, 4.69) is 15.9 Å². The fourth-order valence-electron chi connectivity index (χ4n) is 2.07. The van der Waals surface area contributed by atoms with Crippen LogP contribution in [0.3, 0.4) is 0 Å². The Morgan fingerprint density at radius 1 is 1.32 bits per heavy atom. The summed E-state index contributed by atoms with van der Waals surface area (Å²) in [7, 11) is -3.13. The molecule has 0 radical (unpaired) electrons. The molecule has 0 amide bonds. The standard InChI is InChI=1S/C12H15BrFNO3S/c1-19(16,17)15-4-2-11(3-5-15)18-12-7-9(13)6-10(14)8-12/h6-8,11H,2-5H2,1H3. The van der Waals surface area contributed by atoms with Crippen LogP contribution in [-0.2, 0) is 10.0 Å². The van der Waals surface area contributed by atoms with Gasteiger partial charge >= 0.3 is 0 Å². The second-order valence-corrected chi connectivity index (χ2v) is 7.48. The molecule has 7 heteroatoms. The van der Waals surface area contributed by atoms with Crippen molar-refractivity contribution in [2.75, 3.05) is 19.3 Å². The molecule has 19 heavy (non-hydrogen) atoms. The summed E-state index contributed by atoms with van der Waals surface area (Å²) in [5.41, 5.74) is 0. The molecule has 106 valence electrons. The van der Waals surface area contributed by atoms with Gasteiger partial charge in [-0.2, -0.15) is 0 Å². The highest BCUT2D eigenvalue weighted by Crippen LogP contribution is 2.24. The Bertz CT molecular complexity index is 536. The van der Waals surface area contributed by atoms with Crippen LogP contribution < -0.4 is 4.74 Å². The highest BCUT2D eigenvalue weighted by Gasteiger charge is 2.25. The second-order valence-electron chi connectivity index (χ2n) is 4.58. The quantitative estimate of drug-likeness (QED) is 0.839. The molecule has 2 rings (SSSR count). The molecule has 0 unspecified atom stereocenters. The fourth-order valence-corrected chi connectivity index (χ4v) is 3.39. The Morgan fingerprint density at radius 3 is 2.47 bits per heavy atom. The molecule has 1 fully saturated rings. The van der Waals surface area contributed by atoms with Gasteiger partial charge in [0.05, 0.1) is 6.26 Å². The van der Waals surface area contributed by atoms with Crippen molar-refractivity contribution in [2.45, 2.75) is 18.9 Å². The van der Waals surface area contributed by atoms with Crippen LogP contribution in [0.15, 0.2) is 22.7 Å². The van der Waals surface area contributed by atoms with E-state index in [-0.39, 0.29) is 11.9 Å². The Balaban J connectivity index is 1.96. The molecule has 4 nitrogen and oxygen atoms in total. The molecule has 0 saturated carbocycles. The molecule has 1 aliphatic rings. The van der Waals surface area contributed by atoms with Crippen LogP contribution in [0.1, 0.15) is 12.8 Å². The van der Waals surface area contributed by atoms with Crippen LogP contribution in [0.25, 0.3) is 0 Å². The summed E-state index contributed by atoms with van der Waals surface area (Å²) in [5, 5.41) is 0. The molecule has 1 saturated heterocycles. The minimum Gasteiger partial charge on any atom is -0.490 e. The Hall–Kier alpha value is -0.660. The zero-order valence-electron chi connectivity index (χ0n) is 10.5. The van der Waals surface area contributed by atoms with Gasteiger partial charge in [0.25, 0.3) is 0 Å². The summed E-state index contributed by atoms with van der Waals surface area (Å²) >= 11 is 3.21. The van der Waals surface area contributed by atoms with Crippen LogP contribution in [0.4, 0.5) is 4.39 Å². The lowest BCUT2D eigenvalue weighted by Gasteiger charge is -2.30. The van der Waals surface area contributed by atoms with E-state index < -0.39 is 10.0 Å². The van der Waals surface area contributed by atoms with E-state index in [1.165, 1.54) is 22.7 Å². The van der Waals surface area contributed by atoms with Gasteiger partial charge in [-0.05, 0) is 25.0 Å². The summed E-state index contributed by atoms with van der Waals surface area (Å²) < 4.78 is 43.7. The van der Waals surface area contributed by atoms with E-state index in [1.54, 1.807) is 6.07 Å². The van der Waals surface area contributed by atoms with Crippen molar-refractivity contribution in [2.24, 2.45) is 0 Å². The fraction of sp³-hybridized carbons (Fsp3) is 0.500. The summed E-state index contributed by atoms with van der Waals surface area (Å²) in [5.74, 6) is 0.0997. The largest absolute Gasteiger partial charge is 0.490 e.